The minimum absolute atomic E-state index is 0.211. The van der Waals surface area contributed by atoms with E-state index in [0.29, 0.717) is 11.1 Å². The van der Waals surface area contributed by atoms with Gasteiger partial charge in [0.1, 0.15) is 6.04 Å². The fourth-order valence-corrected chi connectivity index (χ4v) is 2.95. The van der Waals surface area contributed by atoms with Crippen LogP contribution in [0.2, 0.25) is 0 Å². The Hall–Kier alpha value is -2.83. The van der Waals surface area contributed by atoms with E-state index in [2.05, 4.69) is 10.6 Å². The van der Waals surface area contributed by atoms with E-state index in [-0.39, 0.29) is 11.8 Å². The van der Waals surface area contributed by atoms with Gasteiger partial charge in [-0.2, -0.15) is 13.2 Å². The lowest BCUT2D eigenvalue weighted by Gasteiger charge is -2.25. The van der Waals surface area contributed by atoms with Gasteiger partial charge >= 0.3 is 6.18 Å². The van der Waals surface area contributed by atoms with Crippen molar-refractivity contribution in [3.05, 3.63) is 70.8 Å². The second kappa shape index (κ2) is 9.11. The number of aryl methyl sites for hydroxylation is 1. The van der Waals surface area contributed by atoms with E-state index in [1.165, 1.54) is 12.1 Å². The molecule has 0 fully saturated rings. The largest absolute Gasteiger partial charge is 0.416 e. The van der Waals surface area contributed by atoms with Crippen LogP contribution in [0.5, 0.6) is 0 Å². The minimum Gasteiger partial charge on any atom is -0.348 e. The van der Waals surface area contributed by atoms with Gasteiger partial charge in [0.15, 0.2) is 0 Å². The molecule has 0 unspecified atom stereocenters. The van der Waals surface area contributed by atoms with Crippen LogP contribution < -0.4 is 10.6 Å². The summed E-state index contributed by atoms with van der Waals surface area (Å²) in [5.41, 5.74) is 0.812. The Bertz CT molecular complexity index is 878. The number of halogens is 3. The molecule has 29 heavy (non-hydrogen) atoms. The van der Waals surface area contributed by atoms with E-state index in [0.717, 1.165) is 17.7 Å². The van der Waals surface area contributed by atoms with Gasteiger partial charge in [-0.1, -0.05) is 44.2 Å². The predicted molar refractivity (Wildman–Crippen MR) is 105 cm³/mol. The summed E-state index contributed by atoms with van der Waals surface area (Å²) in [7, 11) is 0. The lowest BCUT2D eigenvalue weighted by molar-refractivity contribution is -0.137. The molecule has 0 radical (unpaired) electrons. The number of carbonyl (C=O) groups is 2. The number of nitrogens with one attached hydrogen (secondary N) is 2. The molecule has 0 bridgehead atoms. The molecule has 156 valence electrons. The summed E-state index contributed by atoms with van der Waals surface area (Å²) in [5.74, 6) is -1.04. The fraction of sp³-hybridized carbons (Fsp3) is 0.364. The van der Waals surface area contributed by atoms with Crippen LogP contribution in [0.25, 0.3) is 0 Å². The fourth-order valence-electron chi connectivity index (χ4n) is 2.95. The molecule has 7 heteroatoms. The molecular formula is C22H25F3N2O2. The predicted octanol–water partition coefficient (Wildman–Crippen LogP) is 4.65. The van der Waals surface area contributed by atoms with Gasteiger partial charge in [0.2, 0.25) is 5.91 Å². The Morgan fingerprint density at radius 1 is 0.931 bits per heavy atom. The number of amides is 2. The Labute approximate surface area is 168 Å². The summed E-state index contributed by atoms with van der Waals surface area (Å²) in [4.78, 5) is 25.3. The molecule has 2 amide bonds. The van der Waals surface area contributed by atoms with E-state index >= 15 is 0 Å². The maximum atomic E-state index is 12.9. The number of carbonyl (C=O) groups excluding carboxylic acids is 2. The standard InChI is InChI=1S/C22H25F3N2O2/c1-13(2)19(27-20(28)18-11-6-5-8-14(18)3)21(29)26-15(4)16-9-7-10-17(12-16)22(23,24)25/h5-13,15,19H,1-4H3,(H,26,29)(H,27,28)/t15-,19+/m0/s1. The molecule has 0 aliphatic carbocycles. The van der Waals surface area contributed by atoms with Gasteiger partial charge in [0, 0.05) is 5.56 Å². The molecule has 0 spiro atoms. The first-order valence-electron chi connectivity index (χ1n) is 9.34. The van der Waals surface area contributed by atoms with Crippen molar-refractivity contribution in [2.75, 3.05) is 0 Å². The molecule has 0 aliphatic rings. The van der Waals surface area contributed by atoms with Crippen molar-refractivity contribution in [1.29, 1.82) is 0 Å². The zero-order chi connectivity index (χ0) is 21.8. The summed E-state index contributed by atoms with van der Waals surface area (Å²) < 4.78 is 38.8. The van der Waals surface area contributed by atoms with Crippen LogP contribution in [0.15, 0.2) is 48.5 Å². The molecule has 0 aliphatic heterocycles. The second-order valence-corrected chi connectivity index (χ2v) is 7.36. The Morgan fingerprint density at radius 3 is 2.17 bits per heavy atom. The van der Waals surface area contributed by atoms with Crippen LogP contribution in [-0.2, 0) is 11.0 Å². The average Bonchev–Trinajstić information content (AvgIpc) is 2.65. The number of hydrogen-bond acceptors (Lipinski definition) is 2. The zero-order valence-electron chi connectivity index (χ0n) is 16.8. The van der Waals surface area contributed by atoms with Crippen LogP contribution in [0.1, 0.15) is 53.9 Å². The maximum Gasteiger partial charge on any atom is 0.416 e. The molecule has 0 heterocycles. The molecule has 4 nitrogen and oxygen atoms in total. The van der Waals surface area contributed by atoms with Gasteiger partial charge in [-0.25, -0.2) is 0 Å². The summed E-state index contributed by atoms with van der Waals surface area (Å²) in [5, 5.41) is 5.44. The third-order valence-corrected chi connectivity index (χ3v) is 4.70. The highest BCUT2D eigenvalue weighted by atomic mass is 19.4. The third-order valence-electron chi connectivity index (χ3n) is 4.70. The summed E-state index contributed by atoms with van der Waals surface area (Å²) in [6.45, 7) is 6.98. The lowest BCUT2D eigenvalue weighted by Crippen LogP contribution is -2.50. The van der Waals surface area contributed by atoms with Crippen molar-refractivity contribution >= 4 is 11.8 Å². The summed E-state index contributed by atoms with van der Waals surface area (Å²) >= 11 is 0. The van der Waals surface area contributed by atoms with Gasteiger partial charge < -0.3 is 10.6 Å². The van der Waals surface area contributed by atoms with Gasteiger partial charge in [0.25, 0.3) is 5.91 Å². The third kappa shape index (κ3) is 5.82. The SMILES string of the molecule is Cc1ccccc1C(=O)N[C@@H](C(=O)N[C@@H](C)c1cccc(C(F)(F)F)c1)C(C)C. The molecular weight excluding hydrogens is 381 g/mol. The minimum atomic E-state index is -4.46. The molecule has 2 atom stereocenters. The van der Waals surface area contributed by atoms with E-state index in [9.17, 15) is 22.8 Å². The molecule has 2 aromatic rings. The Morgan fingerprint density at radius 2 is 1.59 bits per heavy atom. The van der Waals surface area contributed by atoms with Crippen molar-refractivity contribution in [3.63, 3.8) is 0 Å². The van der Waals surface area contributed by atoms with E-state index in [4.69, 9.17) is 0 Å². The van der Waals surface area contributed by atoms with Gasteiger partial charge in [0.05, 0.1) is 11.6 Å². The lowest BCUT2D eigenvalue weighted by atomic mass is 10.00. The number of alkyl halides is 3. The number of benzene rings is 2. The molecule has 2 N–H and O–H groups in total. The first kappa shape index (κ1) is 22.5. The van der Waals surface area contributed by atoms with Gasteiger partial charge in [-0.15, -0.1) is 0 Å². The summed E-state index contributed by atoms with van der Waals surface area (Å²) in [6.07, 6.45) is -4.46. The number of rotatable bonds is 6. The zero-order valence-corrected chi connectivity index (χ0v) is 16.8. The molecule has 0 saturated heterocycles. The highest BCUT2D eigenvalue weighted by Gasteiger charge is 2.31. The smallest absolute Gasteiger partial charge is 0.348 e. The molecule has 2 rings (SSSR count). The first-order valence-corrected chi connectivity index (χ1v) is 9.34. The van der Waals surface area contributed by atoms with Crippen molar-refractivity contribution in [1.82, 2.24) is 10.6 Å². The topological polar surface area (TPSA) is 58.2 Å². The van der Waals surface area contributed by atoms with Crippen LogP contribution in [0.4, 0.5) is 13.2 Å². The second-order valence-electron chi connectivity index (χ2n) is 7.36. The Kier molecular flexibility index (Phi) is 7.06. The normalized spacial score (nSPS) is 13.7. The van der Waals surface area contributed by atoms with Crippen LogP contribution >= 0.6 is 0 Å². The van der Waals surface area contributed by atoms with Crippen LogP contribution in [0.3, 0.4) is 0 Å². The van der Waals surface area contributed by atoms with E-state index in [1.807, 2.05) is 6.07 Å². The van der Waals surface area contributed by atoms with Gasteiger partial charge in [-0.05, 0) is 49.1 Å². The quantitative estimate of drug-likeness (QED) is 0.734. The first-order chi connectivity index (χ1) is 13.5. The van der Waals surface area contributed by atoms with Crippen molar-refractivity contribution in [2.45, 2.75) is 46.0 Å². The molecule has 2 aromatic carbocycles. The highest BCUT2D eigenvalue weighted by Crippen LogP contribution is 2.30. The average molecular weight is 406 g/mol. The molecule has 0 aromatic heterocycles. The van der Waals surface area contributed by atoms with E-state index < -0.39 is 29.7 Å². The Balaban J connectivity index is 2.13. The van der Waals surface area contributed by atoms with E-state index in [1.54, 1.807) is 45.9 Å². The van der Waals surface area contributed by atoms with Gasteiger partial charge in [-0.3, -0.25) is 9.59 Å². The number of hydrogen-bond donors (Lipinski definition) is 2. The highest BCUT2D eigenvalue weighted by molar-refractivity contribution is 5.98. The summed E-state index contributed by atoms with van der Waals surface area (Å²) in [6, 6.07) is 10.4. The van der Waals surface area contributed by atoms with Crippen LogP contribution in [0, 0.1) is 12.8 Å². The molecule has 0 saturated carbocycles. The van der Waals surface area contributed by atoms with Crippen molar-refractivity contribution in [3.8, 4) is 0 Å². The van der Waals surface area contributed by atoms with Crippen molar-refractivity contribution in [2.24, 2.45) is 5.92 Å². The van der Waals surface area contributed by atoms with Crippen LogP contribution in [-0.4, -0.2) is 17.9 Å². The maximum absolute atomic E-state index is 12.9. The monoisotopic (exact) mass is 406 g/mol. The van der Waals surface area contributed by atoms with Crippen molar-refractivity contribution < 1.29 is 22.8 Å².